The van der Waals surface area contributed by atoms with Gasteiger partial charge in [-0.3, -0.25) is 4.79 Å². The predicted molar refractivity (Wildman–Crippen MR) is 85.4 cm³/mol. The Morgan fingerprint density at radius 1 is 1.45 bits per heavy atom. The minimum Gasteiger partial charge on any atom is -0.354 e. The summed E-state index contributed by atoms with van der Waals surface area (Å²) in [6.45, 7) is 6.99. The van der Waals surface area contributed by atoms with E-state index < -0.39 is 6.04 Å². The van der Waals surface area contributed by atoms with Gasteiger partial charge in [-0.2, -0.15) is 0 Å². The number of halogens is 1. The molecule has 0 aliphatic heterocycles. The second-order valence-electron chi connectivity index (χ2n) is 6.24. The molecule has 0 bridgehead atoms. The summed E-state index contributed by atoms with van der Waals surface area (Å²) in [4.78, 5) is 11.6. The number of carbonyl (C=O) groups is 1. The van der Waals surface area contributed by atoms with Crippen LogP contribution >= 0.6 is 12.4 Å². The molecule has 1 unspecified atom stereocenters. The predicted octanol–water partition coefficient (Wildman–Crippen LogP) is 2.73. The Bertz CT molecular complexity index is 471. The van der Waals surface area contributed by atoms with E-state index in [0.29, 0.717) is 12.5 Å². The van der Waals surface area contributed by atoms with Gasteiger partial charge >= 0.3 is 0 Å². The Hall–Kier alpha value is -1.06. The van der Waals surface area contributed by atoms with Crippen molar-refractivity contribution in [2.75, 3.05) is 6.54 Å². The minimum atomic E-state index is -0.435. The normalized spacial score (nSPS) is 21.3. The zero-order chi connectivity index (χ0) is 14.0. The molecule has 2 rings (SSSR count). The maximum atomic E-state index is 11.6. The van der Waals surface area contributed by atoms with Gasteiger partial charge in [-0.05, 0) is 36.3 Å². The Morgan fingerprint density at radius 3 is 2.75 bits per heavy atom. The first-order chi connectivity index (χ1) is 8.92. The Labute approximate surface area is 127 Å². The molecule has 1 aliphatic rings. The number of nitrogens with two attached hydrogens (primary N) is 1. The fourth-order valence-electron chi connectivity index (χ4n) is 2.89. The van der Waals surface area contributed by atoms with E-state index in [1.165, 1.54) is 11.1 Å². The lowest BCUT2D eigenvalue weighted by molar-refractivity contribution is -0.122. The number of amides is 1. The van der Waals surface area contributed by atoms with E-state index in [0.717, 1.165) is 12.8 Å². The van der Waals surface area contributed by atoms with E-state index in [-0.39, 0.29) is 23.7 Å². The van der Waals surface area contributed by atoms with Crippen LogP contribution in [0.15, 0.2) is 24.3 Å². The van der Waals surface area contributed by atoms with Crippen LogP contribution in [0.2, 0.25) is 0 Å². The number of rotatable bonds is 3. The summed E-state index contributed by atoms with van der Waals surface area (Å²) in [5.74, 6) is 0.342. The third-order valence-corrected chi connectivity index (χ3v) is 4.18. The van der Waals surface area contributed by atoms with Crippen LogP contribution in [0.4, 0.5) is 0 Å². The van der Waals surface area contributed by atoms with Crippen LogP contribution in [-0.2, 0) is 10.2 Å². The number of hydrogen-bond acceptors (Lipinski definition) is 2. The van der Waals surface area contributed by atoms with Crippen molar-refractivity contribution in [2.24, 2.45) is 5.73 Å². The van der Waals surface area contributed by atoms with Crippen LogP contribution in [0.25, 0.3) is 0 Å². The summed E-state index contributed by atoms with van der Waals surface area (Å²) < 4.78 is 0. The molecule has 1 aliphatic carbocycles. The van der Waals surface area contributed by atoms with Crippen molar-refractivity contribution in [1.82, 2.24) is 5.32 Å². The zero-order valence-electron chi connectivity index (χ0n) is 12.5. The molecule has 0 fully saturated rings. The molecule has 1 aromatic rings. The number of fused-ring (bicyclic) bond motifs is 1. The number of carbonyl (C=O) groups excluding carboxylic acids is 1. The summed E-state index contributed by atoms with van der Waals surface area (Å²) in [6, 6.07) is 8.16. The second kappa shape index (κ2) is 6.59. The van der Waals surface area contributed by atoms with E-state index in [9.17, 15) is 4.79 Å². The lowest BCUT2D eigenvalue weighted by Crippen LogP contribution is -2.41. The molecule has 20 heavy (non-hydrogen) atoms. The Balaban J connectivity index is 0.00000200. The molecule has 0 spiro atoms. The summed E-state index contributed by atoms with van der Waals surface area (Å²) in [5, 5.41) is 2.96. The monoisotopic (exact) mass is 296 g/mol. The van der Waals surface area contributed by atoms with E-state index in [1.54, 1.807) is 6.92 Å². The molecule has 1 aromatic carbocycles. The standard InChI is InChI=1S/C16H24N2O.ClH/c1-11(17)15(19)18-10-12-8-9-16(2,3)14-7-5-4-6-13(12)14;/h4-7,11-12H,8-10,17H2,1-3H3,(H,18,19);1H/t11-,12?;/m1./s1. The van der Waals surface area contributed by atoms with Crippen LogP contribution < -0.4 is 11.1 Å². The average molecular weight is 297 g/mol. The maximum absolute atomic E-state index is 11.6. The van der Waals surface area contributed by atoms with Gasteiger partial charge < -0.3 is 11.1 Å². The fourth-order valence-corrected chi connectivity index (χ4v) is 2.89. The van der Waals surface area contributed by atoms with Gasteiger partial charge in [0.05, 0.1) is 6.04 Å². The Morgan fingerprint density at radius 2 is 2.10 bits per heavy atom. The molecular weight excluding hydrogens is 272 g/mol. The van der Waals surface area contributed by atoms with Crippen LogP contribution in [0.1, 0.15) is 50.7 Å². The largest absolute Gasteiger partial charge is 0.354 e. The van der Waals surface area contributed by atoms with Gasteiger partial charge in [0, 0.05) is 12.5 Å². The van der Waals surface area contributed by atoms with Crippen LogP contribution in [0.5, 0.6) is 0 Å². The summed E-state index contributed by atoms with van der Waals surface area (Å²) in [5.41, 5.74) is 8.61. The molecule has 0 saturated carbocycles. The summed E-state index contributed by atoms with van der Waals surface area (Å²) in [6.07, 6.45) is 2.27. The highest BCUT2D eigenvalue weighted by Crippen LogP contribution is 2.42. The van der Waals surface area contributed by atoms with Crippen molar-refractivity contribution < 1.29 is 4.79 Å². The highest BCUT2D eigenvalue weighted by molar-refractivity contribution is 5.85. The first-order valence-corrected chi connectivity index (χ1v) is 7.04. The molecule has 0 radical (unpaired) electrons. The lowest BCUT2D eigenvalue weighted by Gasteiger charge is -2.37. The molecule has 2 atom stereocenters. The van der Waals surface area contributed by atoms with Gasteiger partial charge in [0.15, 0.2) is 0 Å². The number of nitrogens with one attached hydrogen (secondary N) is 1. The van der Waals surface area contributed by atoms with Gasteiger partial charge in [-0.25, -0.2) is 0 Å². The molecule has 0 aromatic heterocycles. The summed E-state index contributed by atoms with van der Waals surface area (Å²) in [7, 11) is 0. The quantitative estimate of drug-likeness (QED) is 0.901. The highest BCUT2D eigenvalue weighted by atomic mass is 35.5. The average Bonchev–Trinajstić information content (AvgIpc) is 2.37. The number of benzene rings is 1. The first-order valence-electron chi connectivity index (χ1n) is 7.04. The number of hydrogen-bond donors (Lipinski definition) is 2. The van der Waals surface area contributed by atoms with E-state index >= 15 is 0 Å². The zero-order valence-corrected chi connectivity index (χ0v) is 13.3. The first kappa shape index (κ1) is 17.0. The minimum absolute atomic E-state index is 0. The lowest BCUT2D eigenvalue weighted by atomic mass is 9.69. The summed E-state index contributed by atoms with van der Waals surface area (Å²) >= 11 is 0. The fraction of sp³-hybridized carbons (Fsp3) is 0.562. The molecule has 3 nitrogen and oxygen atoms in total. The van der Waals surface area contributed by atoms with Crippen molar-refractivity contribution in [3.05, 3.63) is 35.4 Å². The third kappa shape index (κ3) is 3.53. The van der Waals surface area contributed by atoms with Crippen LogP contribution in [0.3, 0.4) is 0 Å². The molecule has 0 heterocycles. The second-order valence-corrected chi connectivity index (χ2v) is 6.24. The van der Waals surface area contributed by atoms with E-state index in [2.05, 4.69) is 43.4 Å². The van der Waals surface area contributed by atoms with Gasteiger partial charge in [0.2, 0.25) is 5.91 Å². The molecular formula is C16H25ClN2O. The van der Waals surface area contributed by atoms with Crippen molar-refractivity contribution in [2.45, 2.75) is 51.0 Å². The molecule has 112 valence electrons. The molecule has 4 heteroatoms. The van der Waals surface area contributed by atoms with E-state index in [1.807, 2.05) is 0 Å². The molecule has 1 amide bonds. The molecule has 3 N–H and O–H groups in total. The SMILES string of the molecule is C[C@@H](N)C(=O)NCC1CCC(C)(C)c2ccccc21.Cl. The molecule has 0 saturated heterocycles. The van der Waals surface area contributed by atoms with Crippen molar-refractivity contribution in [1.29, 1.82) is 0 Å². The van der Waals surface area contributed by atoms with Gasteiger partial charge in [0.25, 0.3) is 0 Å². The van der Waals surface area contributed by atoms with Crippen LogP contribution in [-0.4, -0.2) is 18.5 Å². The van der Waals surface area contributed by atoms with E-state index in [4.69, 9.17) is 5.73 Å². The highest BCUT2D eigenvalue weighted by Gasteiger charge is 2.32. The smallest absolute Gasteiger partial charge is 0.236 e. The Kier molecular flexibility index (Phi) is 5.60. The van der Waals surface area contributed by atoms with Crippen LogP contribution in [0, 0.1) is 0 Å². The van der Waals surface area contributed by atoms with Crippen molar-refractivity contribution >= 4 is 18.3 Å². The van der Waals surface area contributed by atoms with Gasteiger partial charge in [-0.1, -0.05) is 38.1 Å². The van der Waals surface area contributed by atoms with Crippen molar-refractivity contribution in [3.8, 4) is 0 Å². The third-order valence-electron chi connectivity index (χ3n) is 4.18. The van der Waals surface area contributed by atoms with Crippen molar-refractivity contribution in [3.63, 3.8) is 0 Å². The topological polar surface area (TPSA) is 55.1 Å². The van der Waals surface area contributed by atoms with Gasteiger partial charge in [-0.15, -0.1) is 12.4 Å². The van der Waals surface area contributed by atoms with Gasteiger partial charge in [0.1, 0.15) is 0 Å². The maximum Gasteiger partial charge on any atom is 0.236 e.